The zero-order valence-corrected chi connectivity index (χ0v) is 10.1. The maximum absolute atomic E-state index is 10.5. The van der Waals surface area contributed by atoms with E-state index in [1.54, 1.807) is 6.08 Å². The summed E-state index contributed by atoms with van der Waals surface area (Å²) in [6.07, 6.45) is 4.86. The van der Waals surface area contributed by atoms with Gasteiger partial charge < -0.3 is 9.47 Å². The minimum atomic E-state index is -0.320. The van der Waals surface area contributed by atoms with Crippen LogP contribution in [0.15, 0.2) is 29.3 Å². The van der Waals surface area contributed by atoms with Gasteiger partial charge in [0.1, 0.15) is 11.9 Å². The van der Waals surface area contributed by atoms with Crippen molar-refractivity contribution in [1.82, 2.24) is 0 Å². The van der Waals surface area contributed by atoms with Crippen LogP contribution in [0.3, 0.4) is 0 Å². The van der Waals surface area contributed by atoms with E-state index >= 15 is 0 Å². The average molecular weight is 245 g/mol. The van der Waals surface area contributed by atoms with Crippen molar-refractivity contribution < 1.29 is 14.3 Å². The molecule has 2 fully saturated rings. The smallest absolute Gasteiger partial charge is 0.235 e. The molecule has 3 rings (SSSR count). The number of aliphatic imine (C=N–C) groups is 1. The van der Waals surface area contributed by atoms with Gasteiger partial charge in [-0.2, -0.15) is 4.99 Å². The van der Waals surface area contributed by atoms with E-state index in [1.807, 2.05) is 24.3 Å². The molecule has 1 aromatic carbocycles. The Labute approximate surface area is 106 Å². The number of hydrogen-bond acceptors (Lipinski definition) is 4. The van der Waals surface area contributed by atoms with Crippen molar-refractivity contribution in [2.45, 2.75) is 30.9 Å². The van der Waals surface area contributed by atoms with E-state index in [1.165, 1.54) is 0 Å². The maximum Gasteiger partial charge on any atom is 0.235 e. The van der Waals surface area contributed by atoms with Crippen LogP contribution in [0.25, 0.3) is 0 Å². The van der Waals surface area contributed by atoms with Crippen molar-refractivity contribution in [3.8, 4) is 5.75 Å². The maximum atomic E-state index is 10.5. The second-order valence-electron chi connectivity index (χ2n) is 4.89. The van der Waals surface area contributed by atoms with E-state index in [0.717, 1.165) is 30.6 Å². The summed E-state index contributed by atoms with van der Waals surface area (Å²) in [4.78, 5) is 14.5. The molecule has 0 atom stereocenters. The predicted molar refractivity (Wildman–Crippen MR) is 65.3 cm³/mol. The fourth-order valence-corrected chi connectivity index (χ4v) is 2.38. The molecule has 1 aromatic rings. The second kappa shape index (κ2) is 4.56. The van der Waals surface area contributed by atoms with Crippen LogP contribution in [0.5, 0.6) is 5.75 Å². The molecule has 0 unspecified atom stereocenters. The Bertz CT molecular complexity index is 468. The Morgan fingerprint density at radius 3 is 2.44 bits per heavy atom. The molecular weight excluding hydrogens is 230 g/mol. The molecule has 18 heavy (non-hydrogen) atoms. The highest BCUT2D eigenvalue weighted by atomic mass is 16.6. The molecule has 4 heteroatoms. The van der Waals surface area contributed by atoms with Crippen molar-refractivity contribution in [1.29, 1.82) is 0 Å². The van der Waals surface area contributed by atoms with Crippen LogP contribution in [-0.2, 0) is 15.1 Å². The van der Waals surface area contributed by atoms with Crippen LogP contribution in [0.4, 0.5) is 0 Å². The monoisotopic (exact) mass is 245 g/mol. The van der Waals surface area contributed by atoms with E-state index in [4.69, 9.17) is 9.47 Å². The molecule has 0 amide bonds. The van der Waals surface area contributed by atoms with E-state index < -0.39 is 0 Å². The number of isocyanates is 1. The summed E-state index contributed by atoms with van der Waals surface area (Å²) in [5.41, 5.74) is 0.758. The van der Waals surface area contributed by atoms with E-state index in [9.17, 15) is 4.79 Å². The highest BCUT2D eigenvalue weighted by molar-refractivity contribution is 5.40. The van der Waals surface area contributed by atoms with Crippen LogP contribution < -0.4 is 4.74 Å². The number of ether oxygens (including phenoxy) is 2. The number of hydrogen-bond donors (Lipinski definition) is 0. The fourth-order valence-electron chi connectivity index (χ4n) is 2.38. The van der Waals surface area contributed by atoms with Crippen LogP contribution in [0.2, 0.25) is 0 Å². The molecule has 1 aliphatic carbocycles. The van der Waals surface area contributed by atoms with Gasteiger partial charge in [0.05, 0.1) is 18.8 Å². The van der Waals surface area contributed by atoms with Crippen molar-refractivity contribution in [2.24, 2.45) is 4.99 Å². The highest BCUT2D eigenvalue weighted by Crippen LogP contribution is 2.44. The first-order valence-electron chi connectivity index (χ1n) is 6.26. The van der Waals surface area contributed by atoms with Gasteiger partial charge in [0.15, 0.2) is 0 Å². The van der Waals surface area contributed by atoms with Gasteiger partial charge in [0, 0.05) is 0 Å². The minimum absolute atomic E-state index is 0.182. The van der Waals surface area contributed by atoms with Crippen LogP contribution in [0, 0.1) is 0 Å². The highest BCUT2D eigenvalue weighted by Gasteiger charge is 2.38. The molecule has 4 nitrogen and oxygen atoms in total. The van der Waals surface area contributed by atoms with E-state index in [-0.39, 0.29) is 11.6 Å². The summed E-state index contributed by atoms with van der Waals surface area (Å²) in [6, 6.07) is 7.87. The first kappa shape index (κ1) is 11.5. The number of carbonyl (C=O) groups excluding carboxylic acids is 1. The first-order valence-corrected chi connectivity index (χ1v) is 6.26. The Balaban J connectivity index is 1.75. The minimum Gasteiger partial charge on any atom is -0.486 e. The van der Waals surface area contributed by atoms with Gasteiger partial charge in [-0.1, -0.05) is 12.1 Å². The molecular formula is C14H15NO3. The summed E-state index contributed by atoms with van der Waals surface area (Å²) < 4.78 is 10.8. The lowest BCUT2D eigenvalue weighted by molar-refractivity contribution is -0.0796. The van der Waals surface area contributed by atoms with Gasteiger partial charge in [-0.05, 0) is 37.0 Å². The summed E-state index contributed by atoms with van der Waals surface area (Å²) in [5, 5.41) is 0. The third-order valence-electron chi connectivity index (χ3n) is 3.74. The number of nitrogens with zero attached hydrogens (tertiary/aromatic N) is 1. The lowest BCUT2D eigenvalue weighted by atomic mass is 9.72. The fraction of sp³-hybridized carbons (Fsp3) is 0.500. The van der Waals surface area contributed by atoms with Gasteiger partial charge in [-0.3, -0.25) is 0 Å². The predicted octanol–water partition coefficient (Wildman–Crippen LogP) is 2.18. The number of benzene rings is 1. The quantitative estimate of drug-likeness (QED) is 0.603. The Kier molecular flexibility index (Phi) is 2.90. The molecule has 1 aliphatic heterocycles. The molecule has 0 bridgehead atoms. The van der Waals surface area contributed by atoms with Crippen LogP contribution in [-0.4, -0.2) is 25.4 Å². The third kappa shape index (κ3) is 1.94. The molecule has 1 heterocycles. The van der Waals surface area contributed by atoms with Crippen molar-refractivity contribution >= 4 is 6.08 Å². The van der Waals surface area contributed by atoms with Gasteiger partial charge in [-0.25, -0.2) is 4.79 Å². The Morgan fingerprint density at radius 1 is 1.28 bits per heavy atom. The molecule has 0 aromatic heterocycles. The normalized spacial score (nSPS) is 21.3. The van der Waals surface area contributed by atoms with E-state index in [0.29, 0.717) is 13.2 Å². The average Bonchev–Trinajstić information content (AvgIpc) is 2.30. The summed E-state index contributed by atoms with van der Waals surface area (Å²) >= 11 is 0. The van der Waals surface area contributed by atoms with E-state index in [2.05, 4.69) is 4.99 Å². The molecule has 94 valence electrons. The van der Waals surface area contributed by atoms with Crippen molar-refractivity contribution in [3.05, 3.63) is 29.8 Å². The zero-order chi connectivity index (χ0) is 12.4. The first-order chi connectivity index (χ1) is 8.82. The van der Waals surface area contributed by atoms with Gasteiger partial charge in [-0.15, -0.1) is 0 Å². The van der Waals surface area contributed by atoms with Crippen molar-refractivity contribution in [3.63, 3.8) is 0 Å². The summed E-state index contributed by atoms with van der Waals surface area (Å²) in [7, 11) is 0. The molecule has 0 N–H and O–H groups in total. The number of rotatable bonds is 4. The van der Waals surface area contributed by atoms with Gasteiger partial charge in [0.2, 0.25) is 6.08 Å². The molecule has 2 aliphatic rings. The van der Waals surface area contributed by atoms with Crippen LogP contribution >= 0.6 is 0 Å². The third-order valence-corrected chi connectivity index (χ3v) is 3.74. The zero-order valence-electron chi connectivity index (χ0n) is 10.1. The topological polar surface area (TPSA) is 47.9 Å². The Hall–Kier alpha value is -1.64. The second-order valence-corrected chi connectivity index (χ2v) is 4.89. The standard InChI is InChI=1S/C14H15NO3/c16-10-15-14(6-1-7-14)11-2-4-12(5-3-11)18-13-8-17-9-13/h2-5,13H,1,6-9H2. The molecule has 1 saturated carbocycles. The summed E-state index contributed by atoms with van der Waals surface area (Å²) in [5.74, 6) is 0.844. The SMILES string of the molecule is O=C=NC1(c2ccc(OC3COC3)cc2)CCC1. The van der Waals surface area contributed by atoms with Crippen molar-refractivity contribution in [2.75, 3.05) is 13.2 Å². The van der Waals surface area contributed by atoms with Gasteiger partial charge >= 0.3 is 0 Å². The Morgan fingerprint density at radius 2 is 2.00 bits per heavy atom. The lowest BCUT2D eigenvalue weighted by Crippen LogP contribution is -2.38. The molecule has 0 spiro atoms. The molecule has 0 radical (unpaired) electrons. The van der Waals surface area contributed by atoms with Crippen LogP contribution in [0.1, 0.15) is 24.8 Å². The van der Waals surface area contributed by atoms with Gasteiger partial charge in [0.25, 0.3) is 0 Å². The lowest BCUT2D eigenvalue weighted by Gasteiger charge is -2.37. The molecule has 1 saturated heterocycles. The summed E-state index contributed by atoms with van der Waals surface area (Å²) in [6.45, 7) is 1.34. The largest absolute Gasteiger partial charge is 0.486 e.